The maximum Gasteiger partial charge on any atom is 0.278 e. The molecule has 9 heteroatoms. The summed E-state index contributed by atoms with van der Waals surface area (Å²) in [5, 5.41) is 12.4. The van der Waals surface area contributed by atoms with Crippen LogP contribution in [-0.4, -0.2) is 39.9 Å². The number of carbonyl (C=O) groups is 1. The van der Waals surface area contributed by atoms with Gasteiger partial charge in [0, 0.05) is 17.8 Å². The topological polar surface area (TPSA) is 75.0 Å². The molecule has 3 heterocycles. The lowest BCUT2D eigenvalue weighted by Gasteiger charge is -2.45. The quantitative estimate of drug-likeness (QED) is 0.568. The number of ether oxygens (including phenoxy) is 1. The summed E-state index contributed by atoms with van der Waals surface area (Å²) in [7, 11) is 0. The Labute approximate surface area is 200 Å². The number of halogens is 2. The summed E-state index contributed by atoms with van der Waals surface area (Å²) >= 11 is 0. The van der Waals surface area contributed by atoms with E-state index in [2.05, 4.69) is 0 Å². The smallest absolute Gasteiger partial charge is 0.278 e. The summed E-state index contributed by atoms with van der Waals surface area (Å²) < 4.78 is 36.5. The van der Waals surface area contributed by atoms with Crippen LogP contribution in [0.1, 0.15) is 41.0 Å². The predicted molar refractivity (Wildman–Crippen MR) is 125 cm³/mol. The van der Waals surface area contributed by atoms with E-state index in [1.165, 1.54) is 16.9 Å². The van der Waals surface area contributed by atoms with Crippen LogP contribution in [0.4, 0.5) is 8.78 Å². The van der Waals surface area contributed by atoms with Crippen molar-refractivity contribution in [2.75, 3.05) is 18.3 Å². The van der Waals surface area contributed by atoms with Gasteiger partial charge in [-0.3, -0.25) is 19.3 Å². The highest BCUT2D eigenvalue weighted by Gasteiger charge is 2.40. The van der Waals surface area contributed by atoms with Gasteiger partial charge in [-0.25, -0.2) is 4.39 Å². The number of hydrogen-bond acceptors (Lipinski definition) is 5. The third kappa shape index (κ3) is 3.73. The fraction of sp³-hybridized carbons (Fsp3) is 0.231. The van der Waals surface area contributed by atoms with Crippen molar-refractivity contribution in [1.29, 1.82) is 0 Å². The number of amides is 1. The first-order valence-electron chi connectivity index (χ1n) is 11.3. The van der Waals surface area contributed by atoms with Crippen molar-refractivity contribution in [3.05, 3.63) is 106 Å². The Morgan fingerprint density at radius 3 is 2.60 bits per heavy atom. The number of benzene rings is 2. The van der Waals surface area contributed by atoms with E-state index in [4.69, 9.17) is 4.74 Å². The Morgan fingerprint density at radius 1 is 1.09 bits per heavy atom. The minimum Gasteiger partial charge on any atom is -0.502 e. The summed E-state index contributed by atoms with van der Waals surface area (Å²) in [6.07, 6.45) is 5.35. The number of rotatable bonds is 2. The number of aromatic hydroxyl groups is 1. The lowest BCUT2D eigenvalue weighted by molar-refractivity contribution is 0.0626. The molecule has 7 nitrogen and oxygen atoms in total. The lowest BCUT2D eigenvalue weighted by Crippen LogP contribution is -2.57. The number of carbonyl (C=O) groups excluding carboxylic acids is 1. The number of aromatic nitrogens is 1. The molecule has 0 fully saturated rings. The number of nitrogens with zero attached hydrogens (tertiary/aromatic N) is 3. The molecular weight excluding hydrogens is 456 g/mol. The van der Waals surface area contributed by atoms with Crippen molar-refractivity contribution < 1.29 is 23.4 Å². The average molecular weight is 479 g/mol. The van der Waals surface area contributed by atoms with Crippen molar-refractivity contribution in [3.8, 4) is 11.5 Å². The molecular formula is C26H23F2N3O4. The van der Waals surface area contributed by atoms with Crippen molar-refractivity contribution >= 4 is 5.91 Å². The second kappa shape index (κ2) is 8.90. The molecule has 2 atom stereocenters. The molecule has 2 aromatic carbocycles. The SMILES string of the molecule is CC[C@@H]1/C=C\COc2c(ccc(F)c2F)[C@H](c2ccccc2)N2CN1C(=O)c1c(O)c(=O)ccn12. The van der Waals surface area contributed by atoms with Gasteiger partial charge in [0.1, 0.15) is 19.3 Å². The van der Waals surface area contributed by atoms with E-state index in [1.807, 2.05) is 37.3 Å². The highest BCUT2D eigenvalue weighted by molar-refractivity contribution is 5.96. The largest absolute Gasteiger partial charge is 0.502 e. The first-order chi connectivity index (χ1) is 16.9. The molecule has 0 spiro atoms. The van der Waals surface area contributed by atoms with Crippen molar-refractivity contribution in [3.63, 3.8) is 0 Å². The fourth-order valence-electron chi connectivity index (χ4n) is 4.68. The van der Waals surface area contributed by atoms with E-state index in [9.17, 15) is 19.1 Å². The van der Waals surface area contributed by atoms with Gasteiger partial charge in [0.05, 0.1) is 6.04 Å². The molecule has 35 heavy (non-hydrogen) atoms. The Morgan fingerprint density at radius 2 is 1.86 bits per heavy atom. The van der Waals surface area contributed by atoms with Gasteiger partial charge in [0.15, 0.2) is 23.0 Å². The number of hydrogen-bond donors (Lipinski definition) is 1. The molecule has 1 aromatic heterocycles. The van der Waals surface area contributed by atoms with Gasteiger partial charge in [-0.05, 0) is 30.2 Å². The molecule has 1 amide bonds. The molecule has 2 bridgehead atoms. The molecule has 5 rings (SSSR count). The molecule has 0 radical (unpaired) electrons. The Kier molecular flexibility index (Phi) is 5.76. The summed E-state index contributed by atoms with van der Waals surface area (Å²) in [6.45, 7) is 1.91. The Hall–Kier alpha value is -4.14. The van der Waals surface area contributed by atoms with Crippen LogP contribution in [0.25, 0.3) is 0 Å². The standard InChI is InChI=1S/C26H23F2N3O4/c1-2-17-9-6-14-35-25-18(10-11-19(27)21(25)28)22(16-7-4-3-5-8-16)31-15-29(17)26(34)23-24(33)20(32)12-13-30(23)31/h3-13,17,22,33H,2,14-15H2,1H3/b9-6-/t17-,22+/m1/s1. The molecule has 0 saturated heterocycles. The van der Waals surface area contributed by atoms with Crippen LogP contribution in [0.15, 0.2) is 71.7 Å². The van der Waals surface area contributed by atoms with Crippen LogP contribution in [0.3, 0.4) is 0 Å². The highest BCUT2D eigenvalue weighted by Crippen LogP contribution is 2.39. The third-order valence-corrected chi connectivity index (χ3v) is 6.38. The zero-order valence-corrected chi connectivity index (χ0v) is 18.9. The second-order valence-electron chi connectivity index (χ2n) is 8.39. The number of fused-ring (bicyclic) bond motifs is 5. The van der Waals surface area contributed by atoms with E-state index < -0.39 is 40.8 Å². The van der Waals surface area contributed by atoms with Crippen molar-refractivity contribution in [2.24, 2.45) is 0 Å². The van der Waals surface area contributed by atoms with Crippen LogP contribution in [0.5, 0.6) is 11.5 Å². The zero-order valence-electron chi connectivity index (χ0n) is 18.9. The van der Waals surface area contributed by atoms with E-state index in [0.717, 1.165) is 12.1 Å². The van der Waals surface area contributed by atoms with Crippen LogP contribution in [0.2, 0.25) is 0 Å². The summed E-state index contributed by atoms with van der Waals surface area (Å²) in [4.78, 5) is 27.4. The van der Waals surface area contributed by atoms with E-state index in [1.54, 1.807) is 22.1 Å². The molecule has 2 aliphatic heterocycles. The first kappa shape index (κ1) is 22.6. The van der Waals surface area contributed by atoms with Gasteiger partial charge in [0.2, 0.25) is 11.2 Å². The predicted octanol–water partition coefficient (Wildman–Crippen LogP) is 3.70. The van der Waals surface area contributed by atoms with Gasteiger partial charge in [-0.1, -0.05) is 43.3 Å². The monoisotopic (exact) mass is 479 g/mol. The van der Waals surface area contributed by atoms with Gasteiger partial charge < -0.3 is 14.7 Å². The van der Waals surface area contributed by atoms with Crippen LogP contribution >= 0.6 is 0 Å². The normalized spacial score (nSPS) is 20.4. The van der Waals surface area contributed by atoms with Crippen molar-refractivity contribution in [2.45, 2.75) is 25.4 Å². The average Bonchev–Trinajstić information content (AvgIpc) is 2.89. The highest BCUT2D eigenvalue weighted by atomic mass is 19.2. The van der Waals surface area contributed by atoms with Crippen molar-refractivity contribution in [1.82, 2.24) is 9.58 Å². The van der Waals surface area contributed by atoms with Gasteiger partial charge in [0.25, 0.3) is 5.91 Å². The molecule has 3 aromatic rings. The molecule has 2 aliphatic rings. The second-order valence-corrected chi connectivity index (χ2v) is 8.39. The van der Waals surface area contributed by atoms with Crippen LogP contribution < -0.4 is 15.2 Å². The van der Waals surface area contributed by atoms with Gasteiger partial charge in [-0.2, -0.15) is 4.39 Å². The molecule has 0 saturated carbocycles. The maximum absolute atomic E-state index is 15.1. The van der Waals surface area contributed by atoms with Crippen LogP contribution in [0, 0.1) is 11.6 Å². The first-order valence-corrected chi connectivity index (χ1v) is 11.3. The fourth-order valence-corrected chi connectivity index (χ4v) is 4.68. The summed E-state index contributed by atoms with van der Waals surface area (Å²) in [6, 6.07) is 11.6. The third-order valence-electron chi connectivity index (χ3n) is 6.38. The van der Waals surface area contributed by atoms with E-state index in [-0.39, 0.29) is 24.7 Å². The summed E-state index contributed by atoms with van der Waals surface area (Å²) in [5.74, 6) is -3.58. The maximum atomic E-state index is 15.1. The lowest BCUT2D eigenvalue weighted by atomic mass is 9.96. The van der Waals surface area contributed by atoms with E-state index >= 15 is 4.39 Å². The van der Waals surface area contributed by atoms with Gasteiger partial charge in [-0.15, -0.1) is 0 Å². The molecule has 180 valence electrons. The van der Waals surface area contributed by atoms with E-state index in [0.29, 0.717) is 17.5 Å². The zero-order chi connectivity index (χ0) is 24.7. The summed E-state index contributed by atoms with van der Waals surface area (Å²) in [5.41, 5.74) is 0.159. The minimum atomic E-state index is -1.11. The Balaban J connectivity index is 1.84. The molecule has 0 unspecified atom stereocenters. The van der Waals surface area contributed by atoms with Gasteiger partial charge >= 0.3 is 0 Å². The van der Waals surface area contributed by atoms with Crippen LogP contribution in [-0.2, 0) is 0 Å². The molecule has 0 aliphatic carbocycles. The molecule has 1 N–H and O–H groups in total. The number of pyridine rings is 1. The minimum absolute atomic E-state index is 0.0382. The Bertz CT molecular complexity index is 1370.